The number of methoxy groups -OCH3 is 1. The maximum atomic E-state index is 13.3. The van der Waals surface area contributed by atoms with E-state index >= 15 is 0 Å². The molecule has 8 heteroatoms. The third-order valence-corrected chi connectivity index (χ3v) is 5.81. The van der Waals surface area contributed by atoms with Gasteiger partial charge in [-0.05, 0) is 55.8 Å². The second-order valence-electron chi connectivity index (χ2n) is 8.06. The lowest BCUT2D eigenvalue weighted by Crippen LogP contribution is -2.29. The molecule has 4 rings (SSSR count). The molecule has 0 aliphatic carbocycles. The average molecular weight is 489 g/mol. The van der Waals surface area contributed by atoms with Crippen LogP contribution >= 0.6 is 0 Å². The summed E-state index contributed by atoms with van der Waals surface area (Å²) >= 11 is 0. The molecule has 1 aliphatic heterocycles. The number of likely N-dealkylation sites (tertiary alicyclic amines) is 1. The smallest absolute Gasteiger partial charge is 0.296 e. The van der Waals surface area contributed by atoms with Crippen molar-refractivity contribution in [3.63, 3.8) is 0 Å². The Morgan fingerprint density at radius 1 is 0.972 bits per heavy atom. The molecule has 8 nitrogen and oxygen atoms in total. The van der Waals surface area contributed by atoms with E-state index in [0.717, 1.165) is 5.56 Å². The van der Waals surface area contributed by atoms with Crippen LogP contribution in [0.25, 0.3) is 5.76 Å². The van der Waals surface area contributed by atoms with Gasteiger partial charge in [0.2, 0.25) is 0 Å². The summed E-state index contributed by atoms with van der Waals surface area (Å²) in [5.74, 6) is -0.295. The predicted molar refractivity (Wildman–Crippen MR) is 134 cm³/mol. The van der Waals surface area contributed by atoms with Crippen molar-refractivity contribution in [3.05, 3.63) is 89.3 Å². The van der Waals surface area contributed by atoms with Crippen LogP contribution in [0.4, 0.5) is 0 Å². The van der Waals surface area contributed by atoms with E-state index in [4.69, 9.17) is 14.2 Å². The molecular formula is C28H28N2O6. The van der Waals surface area contributed by atoms with Crippen LogP contribution in [0, 0.1) is 0 Å². The highest BCUT2D eigenvalue weighted by atomic mass is 16.5. The van der Waals surface area contributed by atoms with Gasteiger partial charge in [-0.3, -0.25) is 14.6 Å². The van der Waals surface area contributed by atoms with Crippen LogP contribution in [0.1, 0.15) is 36.7 Å². The van der Waals surface area contributed by atoms with Gasteiger partial charge in [-0.1, -0.05) is 18.2 Å². The number of aliphatic hydroxyl groups excluding tert-OH is 1. The fourth-order valence-electron chi connectivity index (χ4n) is 4.23. The molecule has 1 atom stereocenters. The van der Waals surface area contributed by atoms with Crippen LogP contribution in [-0.4, -0.2) is 47.0 Å². The number of rotatable bonds is 9. The molecular weight excluding hydrogens is 460 g/mol. The molecule has 0 saturated carbocycles. The van der Waals surface area contributed by atoms with Crippen LogP contribution in [0.15, 0.2) is 72.4 Å². The van der Waals surface area contributed by atoms with Gasteiger partial charge in [-0.2, -0.15) is 0 Å². The van der Waals surface area contributed by atoms with Crippen LogP contribution in [0.5, 0.6) is 17.2 Å². The number of hydrogen-bond donors (Lipinski definition) is 1. The Hall–Kier alpha value is -4.33. The van der Waals surface area contributed by atoms with Gasteiger partial charge in [-0.25, -0.2) is 0 Å². The topological polar surface area (TPSA) is 98.2 Å². The van der Waals surface area contributed by atoms with Crippen molar-refractivity contribution < 1.29 is 28.9 Å². The molecule has 0 bridgehead atoms. The minimum atomic E-state index is -0.890. The first-order chi connectivity index (χ1) is 17.5. The molecule has 186 valence electrons. The third-order valence-electron chi connectivity index (χ3n) is 5.81. The van der Waals surface area contributed by atoms with Gasteiger partial charge >= 0.3 is 0 Å². The van der Waals surface area contributed by atoms with Crippen LogP contribution < -0.4 is 14.2 Å². The summed E-state index contributed by atoms with van der Waals surface area (Å²) in [6.07, 6.45) is 1.59. The number of hydrogen-bond acceptors (Lipinski definition) is 7. The normalized spacial score (nSPS) is 16.8. The second kappa shape index (κ2) is 10.9. The number of aliphatic hydroxyl groups is 1. The molecule has 0 radical (unpaired) electrons. The lowest BCUT2D eigenvalue weighted by molar-refractivity contribution is -0.140. The summed E-state index contributed by atoms with van der Waals surface area (Å²) in [5.41, 5.74) is 1.48. The molecule has 0 spiro atoms. The number of aromatic nitrogens is 1. The number of benzene rings is 2. The summed E-state index contributed by atoms with van der Waals surface area (Å²) in [7, 11) is 1.56. The number of nitrogens with zero attached hydrogens (tertiary/aromatic N) is 2. The standard InChI is InChI=1S/C28H28N2O6/c1-4-35-20-12-13-21(23(16-20)36-5-2)26(31)24-25(22-11-6-7-14-29-22)30(28(33)27(24)32)17-18-9-8-10-19(15-18)34-3/h6-16,25,31H,4-5,17H2,1-3H3/b26-24-. The summed E-state index contributed by atoms with van der Waals surface area (Å²) in [4.78, 5) is 32.4. The van der Waals surface area contributed by atoms with E-state index in [1.54, 1.807) is 61.8 Å². The van der Waals surface area contributed by atoms with Crippen LogP contribution in [0.2, 0.25) is 0 Å². The van der Waals surface area contributed by atoms with Gasteiger partial charge in [0, 0.05) is 18.8 Å². The highest BCUT2D eigenvalue weighted by Gasteiger charge is 2.47. The average Bonchev–Trinajstić information content (AvgIpc) is 3.14. The fourth-order valence-corrected chi connectivity index (χ4v) is 4.23. The highest BCUT2D eigenvalue weighted by Crippen LogP contribution is 2.41. The van der Waals surface area contributed by atoms with Gasteiger partial charge < -0.3 is 24.2 Å². The van der Waals surface area contributed by atoms with Crippen LogP contribution in [0.3, 0.4) is 0 Å². The lowest BCUT2D eigenvalue weighted by atomic mass is 9.97. The van der Waals surface area contributed by atoms with Gasteiger partial charge in [0.1, 0.15) is 29.0 Å². The van der Waals surface area contributed by atoms with Crippen molar-refractivity contribution in [1.82, 2.24) is 9.88 Å². The molecule has 36 heavy (non-hydrogen) atoms. The van der Waals surface area contributed by atoms with Crippen molar-refractivity contribution in [1.29, 1.82) is 0 Å². The minimum Gasteiger partial charge on any atom is -0.507 e. The number of carbonyl (C=O) groups excluding carboxylic acids is 2. The Morgan fingerprint density at radius 3 is 2.47 bits per heavy atom. The van der Waals surface area contributed by atoms with Crippen molar-refractivity contribution in [2.45, 2.75) is 26.4 Å². The van der Waals surface area contributed by atoms with Crippen molar-refractivity contribution in [3.8, 4) is 17.2 Å². The van der Waals surface area contributed by atoms with E-state index in [-0.39, 0.29) is 17.9 Å². The summed E-state index contributed by atoms with van der Waals surface area (Å²) in [6.45, 7) is 4.61. The molecule has 1 amide bonds. The predicted octanol–water partition coefficient (Wildman–Crippen LogP) is 4.51. The minimum absolute atomic E-state index is 0.0493. The second-order valence-corrected chi connectivity index (χ2v) is 8.06. The zero-order valence-corrected chi connectivity index (χ0v) is 20.4. The van der Waals surface area contributed by atoms with Gasteiger partial charge in [0.15, 0.2) is 0 Å². The Bertz CT molecular complexity index is 1290. The maximum Gasteiger partial charge on any atom is 0.296 e. The van der Waals surface area contributed by atoms with E-state index in [9.17, 15) is 14.7 Å². The third kappa shape index (κ3) is 4.88. The molecule has 2 aromatic carbocycles. The van der Waals surface area contributed by atoms with Crippen molar-refractivity contribution in [2.75, 3.05) is 20.3 Å². The van der Waals surface area contributed by atoms with Gasteiger partial charge in [-0.15, -0.1) is 0 Å². The van der Waals surface area contributed by atoms with E-state index in [2.05, 4.69) is 4.98 Å². The van der Waals surface area contributed by atoms with Gasteiger partial charge in [0.05, 0.1) is 37.2 Å². The van der Waals surface area contributed by atoms with Crippen molar-refractivity contribution >= 4 is 17.4 Å². The quantitative estimate of drug-likeness (QED) is 0.269. The van der Waals surface area contributed by atoms with E-state index < -0.39 is 17.7 Å². The highest BCUT2D eigenvalue weighted by molar-refractivity contribution is 6.46. The van der Waals surface area contributed by atoms with Gasteiger partial charge in [0.25, 0.3) is 11.7 Å². The number of ether oxygens (including phenoxy) is 3. The first kappa shape index (κ1) is 24.8. The van der Waals surface area contributed by atoms with Crippen LogP contribution in [-0.2, 0) is 16.1 Å². The van der Waals surface area contributed by atoms with Crippen molar-refractivity contribution in [2.24, 2.45) is 0 Å². The Labute approximate surface area is 209 Å². The largest absolute Gasteiger partial charge is 0.507 e. The fraction of sp³-hybridized carbons (Fsp3) is 0.250. The zero-order valence-electron chi connectivity index (χ0n) is 20.4. The molecule has 1 unspecified atom stereocenters. The number of ketones is 1. The zero-order chi connectivity index (χ0) is 25.7. The Morgan fingerprint density at radius 2 is 1.78 bits per heavy atom. The number of pyridine rings is 1. The summed E-state index contributed by atoms with van der Waals surface area (Å²) in [5, 5.41) is 11.4. The molecule has 1 N–H and O–H groups in total. The molecule has 1 fully saturated rings. The molecule has 1 aliphatic rings. The number of carbonyl (C=O) groups is 2. The van der Waals surface area contributed by atoms with E-state index in [1.807, 2.05) is 26.0 Å². The first-order valence-corrected chi connectivity index (χ1v) is 11.7. The first-order valence-electron chi connectivity index (χ1n) is 11.7. The molecule has 1 aromatic heterocycles. The number of Topliss-reactive ketones (excluding diaryl/α,β-unsaturated/α-hetero) is 1. The monoisotopic (exact) mass is 488 g/mol. The number of amides is 1. The summed E-state index contributed by atoms with van der Waals surface area (Å²) < 4.78 is 16.6. The lowest BCUT2D eigenvalue weighted by Gasteiger charge is -2.25. The molecule has 1 saturated heterocycles. The van der Waals surface area contributed by atoms with E-state index in [1.165, 1.54) is 4.90 Å². The molecule has 3 aromatic rings. The summed E-state index contributed by atoms with van der Waals surface area (Å²) in [6, 6.07) is 16.6. The maximum absolute atomic E-state index is 13.3. The Balaban J connectivity index is 1.85. The van der Waals surface area contributed by atoms with E-state index in [0.29, 0.717) is 41.7 Å². The Kier molecular flexibility index (Phi) is 7.53. The SMILES string of the molecule is CCOc1ccc(/C(O)=C2/C(=O)C(=O)N(Cc3cccc(OC)c3)C2c2ccccn2)c(OCC)c1. The molecule has 2 heterocycles.